The third-order valence-electron chi connectivity index (χ3n) is 0.942. The largest absolute Gasteiger partial charge is 0.246 e. The molecule has 11 heavy (non-hydrogen) atoms. The summed E-state index contributed by atoms with van der Waals surface area (Å²) in [7, 11) is 0. The molecule has 0 aliphatic rings. The summed E-state index contributed by atoms with van der Waals surface area (Å²) in [6.07, 6.45) is 5.38. The van der Waals surface area contributed by atoms with Gasteiger partial charge in [0.15, 0.2) is 0 Å². The van der Waals surface area contributed by atoms with Gasteiger partial charge in [0.25, 0.3) is 0 Å². The van der Waals surface area contributed by atoms with E-state index in [0.29, 0.717) is 5.92 Å². The van der Waals surface area contributed by atoms with Crippen LogP contribution in [0.1, 0.15) is 13.8 Å². The van der Waals surface area contributed by atoms with Gasteiger partial charge < -0.3 is 0 Å². The van der Waals surface area contributed by atoms with E-state index in [9.17, 15) is 0 Å². The number of hydrogen-bond acceptors (Lipinski definition) is 2. The Balaban J connectivity index is 3.80. The van der Waals surface area contributed by atoms with Crippen molar-refractivity contribution >= 4 is 6.21 Å². The number of allylic oxidation sites excluding steroid dienone is 3. The Morgan fingerprint density at radius 2 is 2.27 bits per heavy atom. The van der Waals surface area contributed by atoms with Crippen LogP contribution in [0, 0.1) is 17.2 Å². The number of rotatable bonds is 3. The highest BCUT2D eigenvalue weighted by molar-refractivity contribution is 5.72. The van der Waals surface area contributed by atoms with E-state index in [4.69, 9.17) is 5.26 Å². The van der Waals surface area contributed by atoms with E-state index in [1.165, 1.54) is 0 Å². The lowest BCUT2D eigenvalue weighted by atomic mass is 10.2. The van der Waals surface area contributed by atoms with Crippen LogP contribution in [0.25, 0.3) is 0 Å². The molecular formula is C9H12N2. The molecule has 0 heterocycles. The van der Waals surface area contributed by atoms with E-state index < -0.39 is 0 Å². The Morgan fingerprint density at radius 3 is 2.73 bits per heavy atom. The van der Waals surface area contributed by atoms with Crippen LogP contribution in [0.4, 0.5) is 0 Å². The monoisotopic (exact) mass is 148 g/mol. The van der Waals surface area contributed by atoms with Crippen LogP contribution in [0.5, 0.6) is 0 Å². The summed E-state index contributed by atoms with van der Waals surface area (Å²) in [5.41, 5.74) is 0.235. The smallest absolute Gasteiger partial charge is 0.133 e. The maximum Gasteiger partial charge on any atom is 0.133 e. The van der Waals surface area contributed by atoms with E-state index >= 15 is 0 Å². The van der Waals surface area contributed by atoms with E-state index in [1.54, 1.807) is 6.21 Å². The van der Waals surface area contributed by atoms with E-state index in [0.717, 1.165) is 0 Å². The van der Waals surface area contributed by atoms with Gasteiger partial charge in [-0.05, 0) is 12.0 Å². The molecule has 0 aliphatic heterocycles. The molecule has 2 heteroatoms. The molecule has 0 N–H and O–H groups in total. The number of nitrogens with zero attached hydrogens (tertiary/aromatic N) is 2. The van der Waals surface area contributed by atoms with Gasteiger partial charge in [-0.15, -0.1) is 0 Å². The molecule has 0 amide bonds. The summed E-state index contributed by atoms with van der Waals surface area (Å²) >= 11 is 0. The minimum atomic E-state index is 0.235. The van der Waals surface area contributed by atoms with Gasteiger partial charge in [0.05, 0.1) is 0 Å². The lowest BCUT2D eigenvalue weighted by Gasteiger charge is -1.88. The predicted molar refractivity (Wildman–Crippen MR) is 47.2 cm³/mol. The molecule has 0 saturated heterocycles. The molecule has 0 spiro atoms. The summed E-state index contributed by atoms with van der Waals surface area (Å²) in [4.78, 5) is 3.75. The molecule has 58 valence electrons. The third kappa shape index (κ3) is 6.53. The van der Waals surface area contributed by atoms with Crippen molar-refractivity contribution in [3.8, 4) is 6.07 Å². The van der Waals surface area contributed by atoms with Crippen molar-refractivity contribution in [3.63, 3.8) is 0 Å². The highest BCUT2D eigenvalue weighted by Gasteiger charge is 1.81. The molecular weight excluding hydrogens is 136 g/mol. The quantitative estimate of drug-likeness (QED) is 0.447. The number of nitriles is 1. The Bertz CT molecular complexity index is 216. The Morgan fingerprint density at radius 1 is 1.64 bits per heavy atom. The molecule has 0 bridgehead atoms. The lowest BCUT2D eigenvalue weighted by Crippen LogP contribution is -1.77. The van der Waals surface area contributed by atoms with Crippen molar-refractivity contribution in [1.29, 1.82) is 5.26 Å². The van der Waals surface area contributed by atoms with Gasteiger partial charge in [0.1, 0.15) is 11.8 Å². The van der Waals surface area contributed by atoms with Crippen LogP contribution in [-0.4, -0.2) is 6.21 Å². The zero-order valence-corrected chi connectivity index (χ0v) is 6.91. The van der Waals surface area contributed by atoms with E-state index in [-0.39, 0.29) is 5.70 Å². The highest BCUT2D eigenvalue weighted by atomic mass is 14.7. The summed E-state index contributed by atoms with van der Waals surface area (Å²) in [5, 5.41) is 8.26. The van der Waals surface area contributed by atoms with E-state index in [2.05, 4.69) is 25.4 Å². The van der Waals surface area contributed by atoms with Crippen molar-refractivity contribution in [2.75, 3.05) is 0 Å². The van der Waals surface area contributed by atoms with Gasteiger partial charge in [0, 0.05) is 6.21 Å². The van der Waals surface area contributed by atoms with Gasteiger partial charge in [-0.25, -0.2) is 4.99 Å². The highest BCUT2D eigenvalue weighted by Crippen LogP contribution is 1.92. The zero-order valence-electron chi connectivity index (χ0n) is 6.91. The molecule has 0 rings (SSSR count). The van der Waals surface area contributed by atoms with Gasteiger partial charge in [-0.3, -0.25) is 0 Å². The van der Waals surface area contributed by atoms with Crippen LogP contribution >= 0.6 is 0 Å². The van der Waals surface area contributed by atoms with Crippen molar-refractivity contribution in [3.05, 3.63) is 24.4 Å². The van der Waals surface area contributed by atoms with Crippen LogP contribution in [0.3, 0.4) is 0 Å². The van der Waals surface area contributed by atoms with E-state index in [1.807, 2.05) is 18.2 Å². The fraction of sp³-hybridized carbons (Fsp3) is 0.333. The molecule has 0 aliphatic carbocycles. The average Bonchev–Trinajstić information content (AvgIpc) is 1.97. The second-order valence-corrected chi connectivity index (χ2v) is 2.47. The normalized spacial score (nSPS) is 11.1. The zero-order chi connectivity index (χ0) is 8.69. The first-order valence-electron chi connectivity index (χ1n) is 3.46. The molecule has 0 aromatic carbocycles. The van der Waals surface area contributed by atoms with Crippen molar-refractivity contribution in [2.24, 2.45) is 10.9 Å². The standard InChI is InChI=1S/C9H12N2/c1-8(2)5-4-6-11-9(3)7-10/h4-6,8H,3H2,1-2H3/b5-4-,11-6?. The maximum absolute atomic E-state index is 8.26. The van der Waals surface area contributed by atoms with Gasteiger partial charge in [-0.1, -0.05) is 26.5 Å². The second-order valence-electron chi connectivity index (χ2n) is 2.47. The number of hydrogen-bond donors (Lipinski definition) is 0. The first-order valence-corrected chi connectivity index (χ1v) is 3.46. The first-order chi connectivity index (χ1) is 5.16. The molecule has 0 fully saturated rings. The Labute approximate surface area is 67.6 Å². The maximum atomic E-state index is 8.26. The lowest BCUT2D eigenvalue weighted by molar-refractivity contribution is 0.833. The molecule has 0 aromatic rings. The van der Waals surface area contributed by atoms with Gasteiger partial charge >= 0.3 is 0 Å². The molecule has 0 saturated carbocycles. The summed E-state index contributed by atoms with van der Waals surface area (Å²) in [5.74, 6) is 0.511. The summed E-state index contributed by atoms with van der Waals surface area (Å²) in [6, 6.07) is 1.83. The SMILES string of the molecule is C=C(C#N)N=C/C=C\C(C)C. The Kier molecular flexibility index (Phi) is 4.76. The fourth-order valence-corrected chi connectivity index (χ4v) is 0.434. The summed E-state index contributed by atoms with van der Waals surface area (Å²) < 4.78 is 0. The molecule has 0 aromatic heterocycles. The molecule has 2 nitrogen and oxygen atoms in total. The first kappa shape index (κ1) is 9.64. The van der Waals surface area contributed by atoms with Gasteiger partial charge in [0.2, 0.25) is 0 Å². The second kappa shape index (κ2) is 5.43. The predicted octanol–water partition coefficient (Wildman–Crippen LogP) is 2.31. The van der Waals surface area contributed by atoms with Crippen LogP contribution in [0.15, 0.2) is 29.4 Å². The average molecular weight is 148 g/mol. The topological polar surface area (TPSA) is 36.1 Å². The Hall–Kier alpha value is -1.36. The van der Waals surface area contributed by atoms with Gasteiger partial charge in [-0.2, -0.15) is 5.26 Å². The van der Waals surface area contributed by atoms with Crippen LogP contribution < -0.4 is 0 Å². The van der Waals surface area contributed by atoms with Crippen molar-refractivity contribution in [2.45, 2.75) is 13.8 Å². The fourth-order valence-electron chi connectivity index (χ4n) is 0.434. The third-order valence-corrected chi connectivity index (χ3v) is 0.942. The minimum absolute atomic E-state index is 0.235. The van der Waals surface area contributed by atoms with Crippen LogP contribution in [0.2, 0.25) is 0 Å². The minimum Gasteiger partial charge on any atom is -0.246 e. The van der Waals surface area contributed by atoms with Crippen molar-refractivity contribution in [1.82, 2.24) is 0 Å². The van der Waals surface area contributed by atoms with Crippen LogP contribution in [-0.2, 0) is 0 Å². The molecule has 0 unspecified atom stereocenters. The number of aliphatic imine (C=N–C) groups is 1. The molecule has 0 atom stereocenters. The molecule has 0 radical (unpaired) electrons. The van der Waals surface area contributed by atoms with Crippen molar-refractivity contribution < 1.29 is 0 Å². The summed E-state index contributed by atoms with van der Waals surface area (Å²) in [6.45, 7) is 7.54.